The summed E-state index contributed by atoms with van der Waals surface area (Å²) in [5.41, 5.74) is 0.204. The van der Waals surface area contributed by atoms with Crippen molar-refractivity contribution in [3.8, 4) is 6.07 Å². The third-order valence-electron chi connectivity index (χ3n) is 3.23. The van der Waals surface area contributed by atoms with Crippen LogP contribution in [0.1, 0.15) is 41.2 Å². The molecule has 1 saturated carbocycles. The SMILES string of the molecule is Cc1nc(C(=O)C(C#N)C(=O)NC2CCCC2)cs1. The highest BCUT2D eigenvalue weighted by atomic mass is 32.1. The Hall–Kier alpha value is -1.74. The molecule has 0 bridgehead atoms. The van der Waals surface area contributed by atoms with E-state index in [-0.39, 0.29) is 11.7 Å². The lowest BCUT2D eigenvalue weighted by atomic mass is 10.0. The van der Waals surface area contributed by atoms with Gasteiger partial charge in [-0.05, 0) is 19.8 Å². The molecule has 2 rings (SSSR count). The Bertz CT molecular complexity index is 526. The van der Waals surface area contributed by atoms with Crippen LogP contribution in [0.2, 0.25) is 0 Å². The number of hydrogen-bond donors (Lipinski definition) is 1. The third kappa shape index (κ3) is 3.18. The lowest BCUT2D eigenvalue weighted by molar-refractivity contribution is -0.122. The molecule has 0 saturated heterocycles. The number of carbonyl (C=O) groups excluding carboxylic acids is 2. The van der Waals surface area contributed by atoms with Gasteiger partial charge < -0.3 is 5.32 Å². The van der Waals surface area contributed by atoms with Crippen LogP contribution in [-0.4, -0.2) is 22.7 Å². The topological polar surface area (TPSA) is 82.8 Å². The first-order chi connectivity index (χ1) is 9.11. The van der Waals surface area contributed by atoms with Crippen molar-refractivity contribution >= 4 is 23.0 Å². The van der Waals surface area contributed by atoms with E-state index in [1.165, 1.54) is 11.3 Å². The van der Waals surface area contributed by atoms with Gasteiger partial charge in [0.1, 0.15) is 5.69 Å². The number of carbonyl (C=O) groups is 2. The molecular formula is C13H15N3O2S. The summed E-state index contributed by atoms with van der Waals surface area (Å²) < 4.78 is 0. The van der Waals surface area contributed by atoms with Crippen molar-refractivity contribution in [3.63, 3.8) is 0 Å². The van der Waals surface area contributed by atoms with E-state index < -0.39 is 17.6 Å². The number of amides is 1. The van der Waals surface area contributed by atoms with E-state index in [2.05, 4.69) is 10.3 Å². The second-order valence-electron chi connectivity index (χ2n) is 4.67. The largest absolute Gasteiger partial charge is 0.352 e. The molecule has 19 heavy (non-hydrogen) atoms. The van der Waals surface area contributed by atoms with Crippen LogP contribution in [0.25, 0.3) is 0 Å². The Morgan fingerprint density at radius 2 is 2.21 bits per heavy atom. The molecule has 0 aliphatic heterocycles. The summed E-state index contributed by atoms with van der Waals surface area (Å²) >= 11 is 1.33. The van der Waals surface area contributed by atoms with Crippen molar-refractivity contribution in [2.75, 3.05) is 0 Å². The summed E-state index contributed by atoms with van der Waals surface area (Å²) in [6, 6.07) is 1.89. The van der Waals surface area contributed by atoms with Crippen molar-refractivity contribution in [2.24, 2.45) is 5.92 Å². The minimum atomic E-state index is -1.29. The number of Topliss-reactive ketones (excluding diaryl/α,β-unsaturated/α-hetero) is 1. The van der Waals surface area contributed by atoms with Crippen LogP contribution < -0.4 is 5.32 Å². The average molecular weight is 277 g/mol. The first-order valence-electron chi connectivity index (χ1n) is 6.28. The van der Waals surface area contributed by atoms with Crippen LogP contribution >= 0.6 is 11.3 Å². The van der Waals surface area contributed by atoms with E-state index in [4.69, 9.17) is 5.26 Å². The zero-order valence-corrected chi connectivity index (χ0v) is 11.5. The van der Waals surface area contributed by atoms with Gasteiger partial charge in [0, 0.05) is 11.4 Å². The Kier molecular flexibility index (Phi) is 4.27. The molecule has 1 N–H and O–H groups in total. The highest BCUT2D eigenvalue weighted by Gasteiger charge is 2.31. The molecule has 1 fully saturated rings. The van der Waals surface area contributed by atoms with Crippen LogP contribution in [0.4, 0.5) is 0 Å². The molecule has 0 radical (unpaired) electrons. The summed E-state index contributed by atoms with van der Waals surface area (Å²) in [5.74, 6) is -2.30. The monoisotopic (exact) mass is 277 g/mol. The highest BCUT2D eigenvalue weighted by molar-refractivity contribution is 7.09. The second kappa shape index (κ2) is 5.93. The molecule has 1 aliphatic carbocycles. The number of aryl methyl sites for hydroxylation is 1. The molecule has 1 aliphatic rings. The summed E-state index contributed by atoms with van der Waals surface area (Å²) in [7, 11) is 0. The molecule has 0 aromatic carbocycles. The van der Waals surface area contributed by atoms with Crippen LogP contribution in [0, 0.1) is 24.2 Å². The number of nitrogens with zero attached hydrogens (tertiary/aromatic N) is 2. The zero-order chi connectivity index (χ0) is 13.8. The quantitative estimate of drug-likeness (QED) is 0.672. The molecule has 100 valence electrons. The van der Waals surface area contributed by atoms with Gasteiger partial charge in [-0.3, -0.25) is 9.59 Å². The number of rotatable bonds is 4. The molecule has 6 heteroatoms. The van der Waals surface area contributed by atoms with Crippen LogP contribution in [0.3, 0.4) is 0 Å². The van der Waals surface area contributed by atoms with Crippen LogP contribution in [0.5, 0.6) is 0 Å². The lowest BCUT2D eigenvalue weighted by Gasteiger charge is -2.13. The fraction of sp³-hybridized carbons (Fsp3) is 0.538. The summed E-state index contributed by atoms with van der Waals surface area (Å²) in [4.78, 5) is 28.1. The molecule has 5 nitrogen and oxygen atoms in total. The first-order valence-corrected chi connectivity index (χ1v) is 7.16. The zero-order valence-electron chi connectivity index (χ0n) is 10.7. The van der Waals surface area contributed by atoms with E-state index in [0.29, 0.717) is 0 Å². The molecule has 1 amide bonds. The number of hydrogen-bond acceptors (Lipinski definition) is 5. The number of thiazole rings is 1. The van der Waals surface area contributed by atoms with Crippen molar-refractivity contribution in [1.29, 1.82) is 5.26 Å². The third-order valence-corrected chi connectivity index (χ3v) is 4.00. The van der Waals surface area contributed by atoms with E-state index in [1.54, 1.807) is 18.4 Å². The van der Waals surface area contributed by atoms with Gasteiger partial charge in [-0.2, -0.15) is 5.26 Å². The molecular weight excluding hydrogens is 262 g/mol. The van der Waals surface area contributed by atoms with E-state index >= 15 is 0 Å². The maximum Gasteiger partial charge on any atom is 0.245 e. The average Bonchev–Trinajstić information content (AvgIpc) is 3.01. The number of ketones is 1. The summed E-state index contributed by atoms with van der Waals surface area (Å²) in [5, 5.41) is 14.2. The summed E-state index contributed by atoms with van der Waals surface area (Å²) in [6.45, 7) is 1.78. The van der Waals surface area contributed by atoms with Gasteiger partial charge in [-0.25, -0.2) is 4.98 Å². The van der Waals surface area contributed by atoms with E-state index in [1.807, 2.05) is 0 Å². The van der Waals surface area contributed by atoms with Crippen molar-refractivity contribution in [3.05, 3.63) is 16.1 Å². The molecule has 0 spiro atoms. The molecule has 1 heterocycles. The van der Waals surface area contributed by atoms with Gasteiger partial charge in [-0.1, -0.05) is 12.8 Å². The normalized spacial score (nSPS) is 16.8. The second-order valence-corrected chi connectivity index (χ2v) is 5.73. The van der Waals surface area contributed by atoms with Crippen LogP contribution in [-0.2, 0) is 4.79 Å². The van der Waals surface area contributed by atoms with Gasteiger partial charge in [-0.15, -0.1) is 11.3 Å². The minimum Gasteiger partial charge on any atom is -0.352 e. The number of nitriles is 1. The van der Waals surface area contributed by atoms with Gasteiger partial charge in [0.2, 0.25) is 11.7 Å². The summed E-state index contributed by atoms with van der Waals surface area (Å²) in [6.07, 6.45) is 4.02. The Morgan fingerprint density at radius 1 is 1.53 bits per heavy atom. The fourth-order valence-electron chi connectivity index (χ4n) is 2.22. The first kappa shape index (κ1) is 13.7. The number of nitrogens with one attached hydrogen (secondary N) is 1. The predicted molar refractivity (Wildman–Crippen MR) is 70.7 cm³/mol. The highest BCUT2D eigenvalue weighted by Crippen LogP contribution is 2.19. The van der Waals surface area contributed by atoms with Crippen LogP contribution in [0.15, 0.2) is 5.38 Å². The van der Waals surface area contributed by atoms with Gasteiger partial charge in [0.25, 0.3) is 0 Å². The Labute approximate surface area is 115 Å². The molecule has 1 unspecified atom stereocenters. The molecule has 1 aromatic heterocycles. The lowest BCUT2D eigenvalue weighted by Crippen LogP contribution is -2.40. The van der Waals surface area contributed by atoms with Crippen molar-refractivity contribution < 1.29 is 9.59 Å². The van der Waals surface area contributed by atoms with E-state index in [0.717, 1.165) is 30.7 Å². The maximum atomic E-state index is 12.1. The molecule has 1 aromatic rings. The fourth-order valence-corrected chi connectivity index (χ4v) is 2.82. The van der Waals surface area contributed by atoms with Crippen molar-refractivity contribution in [2.45, 2.75) is 38.6 Å². The van der Waals surface area contributed by atoms with Gasteiger partial charge >= 0.3 is 0 Å². The minimum absolute atomic E-state index is 0.105. The van der Waals surface area contributed by atoms with Crippen molar-refractivity contribution in [1.82, 2.24) is 10.3 Å². The van der Waals surface area contributed by atoms with Gasteiger partial charge in [0.15, 0.2) is 5.92 Å². The maximum absolute atomic E-state index is 12.1. The van der Waals surface area contributed by atoms with Gasteiger partial charge in [0.05, 0.1) is 11.1 Å². The Morgan fingerprint density at radius 3 is 2.74 bits per heavy atom. The predicted octanol–water partition coefficient (Wildman–Crippen LogP) is 1.83. The standard InChI is InChI=1S/C13H15N3O2S/c1-8-15-11(7-19-8)12(17)10(6-14)13(18)16-9-4-2-3-5-9/h7,9-10H,2-5H2,1H3,(H,16,18). The smallest absolute Gasteiger partial charge is 0.245 e. The van der Waals surface area contributed by atoms with E-state index in [9.17, 15) is 9.59 Å². The Balaban J connectivity index is 2.04. The number of aromatic nitrogens is 1. The molecule has 1 atom stereocenters.